The van der Waals surface area contributed by atoms with Gasteiger partial charge in [0, 0.05) is 7.11 Å². The fourth-order valence-electron chi connectivity index (χ4n) is 0.913. The van der Waals surface area contributed by atoms with Crippen LogP contribution in [0.3, 0.4) is 0 Å². The lowest BCUT2D eigenvalue weighted by Gasteiger charge is -2.18. The van der Waals surface area contributed by atoms with Crippen LogP contribution in [-0.2, 0) is 14.3 Å². The maximum atomic E-state index is 11.0. The van der Waals surface area contributed by atoms with Crippen LogP contribution in [0.4, 0.5) is 0 Å². The molecule has 0 saturated carbocycles. The largest absolute Gasteiger partial charge is 0.375 e. The summed E-state index contributed by atoms with van der Waals surface area (Å²) in [6.07, 6.45) is 0. The van der Waals surface area contributed by atoms with E-state index < -0.39 is 11.9 Å². The van der Waals surface area contributed by atoms with Gasteiger partial charge >= 0.3 is 0 Å². The van der Waals surface area contributed by atoms with Gasteiger partial charge in [-0.2, -0.15) is 0 Å². The monoisotopic (exact) mass is 188 g/mol. The van der Waals surface area contributed by atoms with E-state index in [0.717, 1.165) is 0 Å². The number of hydrogen-bond acceptors (Lipinski definition) is 3. The van der Waals surface area contributed by atoms with Gasteiger partial charge in [0.15, 0.2) is 0 Å². The Kier molecular flexibility index (Phi) is 5.06. The van der Waals surface area contributed by atoms with Crippen molar-refractivity contribution in [3.63, 3.8) is 0 Å². The number of nitrogens with one attached hydrogen (secondary N) is 1. The van der Waals surface area contributed by atoms with Crippen molar-refractivity contribution in [2.24, 2.45) is 11.7 Å². The molecule has 0 bridgehead atoms. The van der Waals surface area contributed by atoms with Gasteiger partial charge in [-0.1, -0.05) is 13.8 Å². The lowest BCUT2D eigenvalue weighted by molar-refractivity contribution is -0.130. The lowest BCUT2D eigenvalue weighted by atomic mass is 10.0. The Labute approximate surface area is 77.6 Å². The van der Waals surface area contributed by atoms with Crippen molar-refractivity contribution < 1.29 is 14.3 Å². The average Bonchev–Trinajstić information content (AvgIpc) is 1.99. The molecule has 0 heterocycles. The molecule has 0 rings (SSSR count). The Bertz CT molecular complexity index is 192. The quantitative estimate of drug-likeness (QED) is 0.596. The number of primary amides is 1. The van der Waals surface area contributed by atoms with E-state index in [1.54, 1.807) is 0 Å². The Balaban J connectivity index is 4.10. The van der Waals surface area contributed by atoms with E-state index in [0.29, 0.717) is 0 Å². The predicted molar refractivity (Wildman–Crippen MR) is 47.8 cm³/mol. The van der Waals surface area contributed by atoms with Crippen molar-refractivity contribution in [2.75, 3.05) is 13.7 Å². The molecule has 0 aromatic heterocycles. The van der Waals surface area contributed by atoms with E-state index in [-0.39, 0.29) is 18.4 Å². The van der Waals surface area contributed by atoms with Crippen LogP contribution in [-0.4, -0.2) is 31.6 Å². The fourth-order valence-corrected chi connectivity index (χ4v) is 0.913. The van der Waals surface area contributed by atoms with E-state index in [1.807, 2.05) is 13.8 Å². The van der Waals surface area contributed by atoms with Crippen LogP contribution in [0.2, 0.25) is 0 Å². The third-order valence-electron chi connectivity index (χ3n) is 1.57. The minimum absolute atomic E-state index is 0.0155. The minimum atomic E-state index is -0.623. The van der Waals surface area contributed by atoms with Gasteiger partial charge in [0.2, 0.25) is 11.8 Å². The summed E-state index contributed by atoms with van der Waals surface area (Å²) in [5.74, 6) is -0.877. The summed E-state index contributed by atoms with van der Waals surface area (Å²) in [5, 5.41) is 2.48. The molecule has 1 atom stereocenters. The maximum Gasteiger partial charge on any atom is 0.246 e. The molecular weight excluding hydrogens is 172 g/mol. The van der Waals surface area contributed by atoms with Crippen LogP contribution in [0.5, 0.6) is 0 Å². The molecule has 3 N–H and O–H groups in total. The van der Waals surface area contributed by atoms with Crippen molar-refractivity contribution in [1.82, 2.24) is 5.32 Å². The summed E-state index contributed by atoms with van der Waals surface area (Å²) in [6, 6.07) is -0.623. The molecule has 0 aromatic carbocycles. The maximum absolute atomic E-state index is 11.0. The zero-order valence-electron chi connectivity index (χ0n) is 8.16. The summed E-state index contributed by atoms with van der Waals surface area (Å²) in [4.78, 5) is 21.9. The van der Waals surface area contributed by atoms with Gasteiger partial charge in [0.1, 0.15) is 12.6 Å². The number of amides is 2. The molecule has 5 heteroatoms. The number of nitrogens with two attached hydrogens (primary N) is 1. The highest BCUT2D eigenvalue weighted by atomic mass is 16.5. The van der Waals surface area contributed by atoms with Crippen LogP contribution < -0.4 is 11.1 Å². The molecule has 0 aliphatic rings. The lowest BCUT2D eigenvalue weighted by Crippen LogP contribution is -2.48. The number of carbonyl (C=O) groups excluding carboxylic acids is 2. The van der Waals surface area contributed by atoms with E-state index in [4.69, 9.17) is 5.73 Å². The Hall–Kier alpha value is -1.10. The van der Waals surface area contributed by atoms with Crippen molar-refractivity contribution in [3.05, 3.63) is 0 Å². The number of rotatable bonds is 5. The minimum Gasteiger partial charge on any atom is -0.375 e. The van der Waals surface area contributed by atoms with Gasteiger partial charge in [-0.25, -0.2) is 0 Å². The summed E-state index contributed by atoms with van der Waals surface area (Å²) in [6.45, 7) is 3.56. The van der Waals surface area contributed by atoms with E-state index in [2.05, 4.69) is 10.1 Å². The molecule has 0 aliphatic heterocycles. The molecule has 1 unspecified atom stereocenters. The van der Waals surface area contributed by atoms with Gasteiger partial charge in [-0.15, -0.1) is 0 Å². The van der Waals surface area contributed by atoms with Crippen LogP contribution in [0, 0.1) is 5.92 Å². The number of methoxy groups -OCH3 is 1. The summed E-state index contributed by atoms with van der Waals surface area (Å²) in [7, 11) is 1.41. The van der Waals surface area contributed by atoms with E-state index >= 15 is 0 Å². The van der Waals surface area contributed by atoms with Gasteiger partial charge in [-0.3, -0.25) is 9.59 Å². The van der Waals surface area contributed by atoms with Crippen LogP contribution in [0.1, 0.15) is 13.8 Å². The van der Waals surface area contributed by atoms with Gasteiger partial charge in [-0.05, 0) is 5.92 Å². The highest BCUT2D eigenvalue weighted by Gasteiger charge is 2.20. The van der Waals surface area contributed by atoms with Crippen LogP contribution in [0.25, 0.3) is 0 Å². The van der Waals surface area contributed by atoms with E-state index in [9.17, 15) is 9.59 Å². The third-order valence-corrected chi connectivity index (χ3v) is 1.57. The summed E-state index contributed by atoms with van der Waals surface area (Å²) in [5.41, 5.74) is 5.09. The molecule has 0 spiro atoms. The Morgan fingerprint density at radius 1 is 1.46 bits per heavy atom. The standard InChI is InChI=1S/C8H16N2O3/c1-5(2)7(8(9)12)10-6(11)4-13-3/h5,7H,4H2,1-3H3,(H2,9,12)(H,10,11). The molecule has 0 saturated heterocycles. The normalized spacial score (nSPS) is 12.6. The third kappa shape index (κ3) is 4.47. The Morgan fingerprint density at radius 3 is 2.31 bits per heavy atom. The highest BCUT2D eigenvalue weighted by molar-refractivity contribution is 5.87. The molecule has 0 aliphatic carbocycles. The fraction of sp³-hybridized carbons (Fsp3) is 0.750. The number of ether oxygens (including phenoxy) is 1. The molecule has 76 valence electrons. The SMILES string of the molecule is COCC(=O)NC(C(N)=O)C(C)C. The molecule has 5 nitrogen and oxygen atoms in total. The molecule has 2 amide bonds. The zero-order chi connectivity index (χ0) is 10.4. The molecule has 0 fully saturated rings. The van der Waals surface area contributed by atoms with Gasteiger partial charge < -0.3 is 15.8 Å². The van der Waals surface area contributed by atoms with Gasteiger partial charge in [0.25, 0.3) is 0 Å². The molecule has 13 heavy (non-hydrogen) atoms. The first-order valence-electron chi connectivity index (χ1n) is 4.06. The van der Waals surface area contributed by atoms with Crippen molar-refractivity contribution in [2.45, 2.75) is 19.9 Å². The number of hydrogen-bond donors (Lipinski definition) is 2. The first-order valence-corrected chi connectivity index (χ1v) is 4.06. The smallest absolute Gasteiger partial charge is 0.246 e. The topological polar surface area (TPSA) is 81.4 Å². The second-order valence-corrected chi connectivity index (χ2v) is 3.12. The van der Waals surface area contributed by atoms with Crippen LogP contribution >= 0.6 is 0 Å². The predicted octanol–water partition coefficient (Wildman–Crippen LogP) is -0.741. The van der Waals surface area contributed by atoms with Crippen molar-refractivity contribution in [1.29, 1.82) is 0 Å². The average molecular weight is 188 g/mol. The van der Waals surface area contributed by atoms with Gasteiger partial charge in [0.05, 0.1) is 0 Å². The molecule has 0 aromatic rings. The molecule has 0 radical (unpaired) electrons. The Morgan fingerprint density at radius 2 is 2.00 bits per heavy atom. The first-order chi connectivity index (χ1) is 5.99. The zero-order valence-corrected chi connectivity index (χ0v) is 8.16. The van der Waals surface area contributed by atoms with Crippen molar-refractivity contribution in [3.8, 4) is 0 Å². The second-order valence-electron chi connectivity index (χ2n) is 3.12. The van der Waals surface area contributed by atoms with Crippen molar-refractivity contribution >= 4 is 11.8 Å². The first kappa shape index (κ1) is 11.9. The molecular formula is C8H16N2O3. The van der Waals surface area contributed by atoms with Crippen LogP contribution in [0.15, 0.2) is 0 Å². The summed E-state index contributed by atoms with van der Waals surface area (Å²) >= 11 is 0. The number of carbonyl (C=O) groups is 2. The highest BCUT2D eigenvalue weighted by Crippen LogP contribution is 2.00. The summed E-state index contributed by atoms with van der Waals surface area (Å²) < 4.78 is 4.60. The van der Waals surface area contributed by atoms with E-state index in [1.165, 1.54) is 7.11 Å². The second kappa shape index (κ2) is 5.53.